The molecule has 0 spiro atoms. The van der Waals surface area contributed by atoms with Gasteiger partial charge in [0.05, 0.1) is 10.8 Å². The topological polar surface area (TPSA) is 12.8 Å². The number of para-hydroxylation sites is 2. The third-order valence-corrected chi connectivity index (χ3v) is 2.34. The summed E-state index contributed by atoms with van der Waals surface area (Å²) in [4.78, 5) is 0. The molecule has 0 bridgehead atoms. The highest BCUT2D eigenvalue weighted by Gasteiger charge is 2.20. The quantitative estimate of drug-likeness (QED) is 0.305. The van der Waals surface area contributed by atoms with Gasteiger partial charge >= 0.3 is 7.25 Å². The summed E-state index contributed by atoms with van der Waals surface area (Å²) in [6.07, 6.45) is 0. The van der Waals surface area contributed by atoms with E-state index in [0.29, 0.717) is 0 Å². The summed E-state index contributed by atoms with van der Waals surface area (Å²) in [7, 11) is -6.00. The number of hydrogen-bond donors (Lipinski definition) is 0. The zero-order valence-corrected chi connectivity index (χ0v) is 9.16. The maximum atomic E-state index is 9.75. The van der Waals surface area contributed by atoms with Crippen LogP contribution in [0.4, 0.5) is 17.3 Å². The second kappa shape index (κ2) is 4.72. The summed E-state index contributed by atoms with van der Waals surface area (Å²) in [6, 6.07) is 16.5. The van der Waals surface area contributed by atoms with Crippen molar-refractivity contribution in [2.75, 3.05) is 0 Å². The van der Waals surface area contributed by atoms with E-state index < -0.39 is 7.25 Å². The van der Waals surface area contributed by atoms with E-state index in [4.69, 9.17) is 0 Å². The molecule has 3 aromatic rings. The highest BCUT2D eigenvalue weighted by atomic mass is 19.5. The van der Waals surface area contributed by atoms with Gasteiger partial charge in [0.15, 0.2) is 0 Å². The number of hydrogen-bond acceptors (Lipinski definition) is 0. The normalized spacial score (nSPS) is 11.3. The molecule has 0 saturated carbocycles. The average Bonchev–Trinajstić information content (AvgIpc) is 2.65. The molecule has 0 atom stereocenters. The minimum absolute atomic E-state index is 1.09. The van der Waals surface area contributed by atoms with Crippen LogP contribution in [-0.4, -0.2) is 7.25 Å². The van der Waals surface area contributed by atoms with E-state index in [1.165, 1.54) is 10.8 Å². The first kappa shape index (κ1) is 12.5. The number of halogens is 4. The molecule has 0 aliphatic heterocycles. The highest BCUT2D eigenvalue weighted by molar-refractivity contribution is 6.50. The summed E-state index contributed by atoms with van der Waals surface area (Å²) < 4.78 is 43.5. The summed E-state index contributed by atoms with van der Waals surface area (Å²) in [5.74, 6) is 0. The van der Waals surface area contributed by atoms with Crippen LogP contribution in [0.2, 0.25) is 0 Å². The molecule has 1 nitrogen and oxygen atoms in total. The Kier molecular flexibility index (Phi) is 3.27. The van der Waals surface area contributed by atoms with Gasteiger partial charge in [-0.3, -0.25) is 0 Å². The Morgan fingerprint density at radius 2 is 1.00 bits per heavy atom. The van der Waals surface area contributed by atoms with E-state index in [0.717, 1.165) is 11.2 Å². The Hall–Kier alpha value is -1.98. The molecule has 3 rings (SSSR count). The van der Waals surface area contributed by atoms with Crippen LogP contribution in [0.1, 0.15) is 0 Å². The van der Waals surface area contributed by atoms with Crippen LogP contribution in [-0.2, 0) is 0 Å². The molecular weight excluding hydrogens is 247 g/mol. The largest absolute Gasteiger partial charge is 0.673 e. The lowest BCUT2D eigenvalue weighted by Gasteiger charge is -1.94. The zero-order chi connectivity index (χ0) is 13.2. The molecule has 94 valence electrons. The molecule has 0 radical (unpaired) electrons. The lowest BCUT2D eigenvalue weighted by atomic mass is 10.2. The first-order valence-electron chi connectivity index (χ1n) is 5.22. The summed E-state index contributed by atoms with van der Waals surface area (Å²) in [6.45, 7) is 0. The van der Waals surface area contributed by atoms with Gasteiger partial charge in [-0.15, -0.1) is 0 Å². The second-order valence-electron chi connectivity index (χ2n) is 3.64. The van der Waals surface area contributed by atoms with Crippen molar-refractivity contribution in [1.82, 2.24) is 0 Å². The molecule has 6 heteroatoms. The van der Waals surface area contributed by atoms with Crippen molar-refractivity contribution in [3.63, 3.8) is 0 Å². The lowest BCUT2D eigenvalue weighted by Crippen LogP contribution is -2.02. The van der Waals surface area contributed by atoms with Gasteiger partial charge in [-0.25, -0.2) is 0 Å². The van der Waals surface area contributed by atoms with Crippen LogP contribution in [0.25, 0.3) is 21.9 Å². The number of furan rings is 1. The molecule has 0 fully saturated rings. The Morgan fingerprint density at radius 3 is 1.39 bits per heavy atom. The van der Waals surface area contributed by atoms with E-state index in [1.807, 2.05) is 12.1 Å². The lowest BCUT2D eigenvalue weighted by molar-refractivity contribution is 0.368. The van der Waals surface area contributed by atoms with E-state index in [2.05, 4.69) is 40.8 Å². The van der Waals surface area contributed by atoms with Crippen molar-refractivity contribution in [2.24, 2.45) is 0 Å². The van der Waals surface area contributed by atoms with Crippen LogP contribution >= 0.6 is 0 Å². The van der Waals surface area contributed by atoms with Crippen molar-refractivity contribution in [2.45, 2.75) is 0 Å². The third-order valence-electron chi connectivity index (χ3n) is 2.34. The van der Waals surface area contributed by atoms with Gasteiger partial charge in [0.1, 0.15) is 0 Å². The SMILES string of the molecule is F[B-](F)(F)F.c1ccc2c(c1)[oH+]c1ccccc12. The van der Waals surface area contributed by atoms with Crippen LogP contribution in [0.3, 0.4) is 0 Å². The molecule has 0 unspecified atom stereocenters. The smallest absolute Gasteiger partial charge is 0.545 e. The Balaban J connectivity index is 0.000000209. The number of fused-ring (bicyclic) bond motifs is 3. The Morgan fingerprint density at radius 1 is 0.667 bits per heavy atom. The summed E-state index contributed by atoms with van der Waals surface area (Å²) in [5.41, 5.74) is 2.17. The molecule has 0 aliphatic carbocycles. The van der Waals surface area contributed by atoms with Crippen molar-refractivity contribution in [1.29, 1.82) is 0 Å². The minimum atomic E-state index is -6.00. The standard InChI is InChI=1S/C12H8O.BF4/c1-3-7-11-9(5-1)10-6-2-4-8-12(10)13-11;2-1(3,4)5/h1-8H;/q;-1/p+1. The molecule has 2 aromatic carbocycles. The van der Waals surface area contributed by atoms with Gasteiger partial charge < -0.3 is 21.7 Å². The molecule has 0 saturated heterocycles. The molecule has 1 heterocycles. The average molecular weight is 256 g/mol. The fraction of sp³-hybridized carbons (Fsp3) is 0. The van der Waals surface area contributed by atoms with Crippen molar-refractivity contribution in [3.8, 4) is 0 Å². The van der Waals surface area contributed by atoms with Crippen molar-refractivity contribution >= 4 is 29.2 Å². The maximum absolute atomic E-state index is 9.75. The molecule has 0 aliphatic rings. The van der Waals surface area contributed by atoms with E-state index in [-0.39, 0.29) is 0 Å². The van der Waals surface area contributed by atoms with Crippen LogP contribution in [0.15, 0.2) is 52.9 Å². The molecular formula is C12H9BF4O. The summed E-state index contributed by atoms with van der Waals surface area (Å²) >= 11 is 0. The predicted octanol–water partition coefficient (Wildman–Crippen LogP) is 5.00. The van der Waals surface area contributed by atoms with Gasteiger partial charge in [-0.05, 0) is 12.1 Å². The van der Waals surface area contributed by atoms with Gasteiger partial charge in [-0.2, -0.15) is 0 Å². The van der Waals surface area contributed by atoms with Gasteiger partial charge in [0, 0.05) is 12.1 Å². The molecule has 0 amide bonds. The van der Waals surface area contributed by atoms with E-state index >= 15 is 0 Å². The highest BCUT2D eigenvalue weighted by Crippen LogP contribution is 2.27. The van der Waals surface area contributed by atoms with Crippen LogP contribution < -0.4 is 0 Å². The monoisotopic (exact) mass is 256 g/mol. The maximum Gasteiger partial charge on any atom is 0.673 e. The van der Waals surface area contributed by atoms with Gasteiger partial charge in [0.2, 0.25) is 0 Å². The fourth-order valence-electron chi connectivity index (χ4n) is 1.73. The molecule has 1 aromatic heterocycles. The molecule has 1 N–H and O–H groups in total. The number of benzene rings is 2. The zero-order valence-electron chi connectivity index (χ0n) is 9.16. The summed E-state index contributed by atoms with van der Waals surface area (Å²) in [5, 5.41) is 2.50. The van der Waals surface area contributed by atoms with Crippen LogP contribution in [0.5, 0.6) is 0 Å². The first-order chi connectivity index (χ1) is 8.45. The van der Waals surface area contributed by atoms with Gasteiger partial charge in [0.25, 0.3) is 11.2 Å². The van der Waals surface area contributed by atoms with Crippen LogP contribution in [0, 0.1) is 0 Å². The van der Waals surface area contributed by atoms with Gasteiger partial charge in [-0.1, -0.05) is 24.3 Å². The first-order valence-corrected chi connectivity index (χ1v) is 5.22. The Labute approximate surface area is 100 Å². The minimum Gasteiger partial charge on any atom is -0.545 e. The number of rotatable bonds is 0. The predicted molar refractivity (Wildman–Crippen MR) is 65.0 cm³/mol. The van der Waals surface area contributed by atoms with E-state index in [9.17, 15) is 17.3 Å². The van der Waals surface area contributed by atoms with Crippen molar-refractivity contribution in [3.05, 3.63) is 48.5 Å². The fourth-order valence-corrected chi connectivity index (χ4v) is 1.73. The van der Waals surface area contributed by atoms with Crippen molar-refractivity contribution < 1.29 is 21.7 Å². The molecule has 18 heavy (non-hydrogen) atoms. The Bertz CT molecular complexity index is 603. The third kappa shape index (κ3) is 3.03. The van der Waals surface area contributed by atoms with E-state index in [1.54, 1.807) is 0 Å². The second-order valence-corrected chi connectivity index (χ2v) is 3.64.